The molecule has 11 heteroatoms. The van der Waals surface area contributed by atoms with Gasteiger partial charge < -0.3 is 15.0 Å². The highest BCUT2D eigenvalue weighted by atomic mass is 32.2. The van der Waals surface area contributed by atoms with E-state index < -0.39 is 10.0 Å². The van der Waals surface area contributed by atoms with Gasteiger partial charge in [0.05, 0.1) is 18.6 Å². The maximum Gasteiger partial charge on any atom is 0.254 e. The molecule has 158 valence electrons. The van der Waals surface area contributed by atoms with Crippen molar-refractivity contribution in [2.75, 3.05) is 29.2 Å². The second kappa shape index (κ2) is 9.79. The highest BCUT2D eigenvalue weighted by molar-refractivity contribution is 7.98. The van der Waals surface area contributed by atoms with Crippen molar-refractivity contribution in [2.45, 2.75) is 31.8 Å². The molecule has 0 aliphatic heterocycles. The molecule has 0 unspecified atom stereocenters. The first-order valence-corrected chi connectivity index (χ1v) is 11.7. The number of thioether (sulfide) groups is 1. The van der Waals surface area contributed by atoms with Crippen molar-refractivity contribution in [1.82, 2.24) is 9.97 Å². The topological polar surface area (TPSA) is 130 Å². The highest BCUT2D eigenvalue weighted by Gasteiger charge is 2.14. The van der Waals surface area contributed by atoms with E-state index in [4.69, 9.17) is 4.74 Å². The Morgan fingerprint density at radius 3 is 2.66 bits per heavy atom. The van der Waals surface area contributed by atoms with Crippen molar-refractivity contribution in [3.05, 3.63) is 39.8 Å². The second-order valence-electron chi connectivity index (χ2n) is 6.11. The lowest BCUT2D eigenvalue weighted by molar-refractivity contribution is -0.116. The molecule has 2 rings (SSSR count). The van der Waals surface area contributed by atoms with Crippen molar-refractivity contribution in [1.29, 1.82) is 0 Å². The summed E-state index contributed by atoms with van der Waals surface area (Å²) >= 11 is 1.34. The minimum atomic E-state index is -3.45. The average Bonchev–Trinajstić information content (AvgIpc) is 2.68. The summed E-state index contributed by atoms with van der Waals surface area (Å²) in [6.45, 7) is 3.27. The SMILES string of the molecule is CCS(=O)(=O)Nc1ccc(NC(=O)CCc2c(C)nc(SC)[nH]c2=O)cc1OC. The molecule has 3 N–H and O–H groups in total. The van der Waals surface area contributed by atoms with Gasteiger partial charge in [0.25, 0.3) is 5.56 Å². The summed E-state index contributed by atoms with van der Waals surface area (Å²) in [5.74, 6) is -0.0781. The third kappa shape index (κ3) is 6.23. The van der Waals surface area contributed by atoms with Gasteiger partial charge in [0.2, 0.25) is 15.9 Å². The van der Waals surface area contributed by atoms with Crippen LogP contribution in [0.3, 0.4) is 0 Å². The van der Waals surface area contributed by atoms with E-state index in [1.165, 1.54) is 37.9 Å². The molecule has 0 saturated heterocycles. The number of aromatic nitrogens is 2. The Labute approximate surface area is 173 Å². The number of nitrogens with one attached hydrogen (secondary N) is 3. The number of aryl methyl sites for hydroxylation is 1. The minimum Gasteiger partial charge on any atom is -0.494 e. The van der Waals surface area contributed by atoms with Crippen LogP contribution < -0.4 is 20.3 Å². The van der Waals surface area contributed by atoms with E-state index in [0.717, 1.165) is 0 Å². The number of ether oxygens (including phenoxy) is 1. The zero-order valence-corrected chi connectivity index (χ0v) is 18.3. The summed E-state index contributed by atoms with van der Waals surface area (Å²) in [7, 11) is -2.04. The number of hydrogen-bond acceptors (Lipinski definition) is 7. The van der Waals surface area contributed by atoms with Gasteiger partial charge in [0.15, 0.2) is 5.16 Å². The van der Waals surface area contributed by atoms with Gasteiger partial charge in [0.1, 0.15) is 5.75 Å². The molecule has 29 heavy (non-hydrogen) atoms. The largest absolute Gasteiger partial charge is 0.494 e. The van der Waals surface area contributed by atoms with E-state index in [0.29, 0.717) is 22.1 Å². The molecule has 1 heterocycles. The van der Waals surface area contributed by atoms with Gasteiger partial charge in [-0.15, -0.1) is 0 Å². The Hall–Kier alpha value is -2.53. The Balaban J connectivity index is 2.07. The minimum absolute atomic E-state index is 0.0695. The van der Waals surface area contributed by atoms with Crippen molar-refractivity contribution < 1.29 is 17.9 Å². The quantitative estimate of drug-likeness (QED) is 0.402. The van der Waals surface area contributed by atoms with Gasteiger partial charge in [-0.05, 0) is 38.7 Å². The molecule has 0 aliphatic carbocycles. The first-order valence-electron chi connectivity index (χ1n) is 8.81. The third-order valence-corrected chi connectivity index (χ3v) is 6.00. The van der Waals surface area contributed by atoms with Gasteiger partial charge in [-0.3, -0.25) is 14.3 Å². The Bertz CT molecular complexity index is 1050. The number of H-pyrrole nitrogens is 1. The van der Waals surface area contributed by atoms with Crippen LogP contribution in [0.2, 0.25) is 0 Å². The van der Waals surface area contributed by atoms with Gasteiger partial charge in [-0.1, -0.05) is 11.8 Å². The van der Waals surface area contributed by atoms with Gasteiger partial charge in [-0.25, -0.2) is 13.4 Å². The van der Waals surface area contributed by atoms with Crippen LogP contribution in [0.15, 0.2) is 28.2 Å². The van der Waals surface area contributed by atoms with E-state index >= 15 is 0 Å². The lowest BCUT2D eigenvalue weighted by atomic mass is 10.1. The predicted octanol–water partition coefficient (Wildman–Crippen LogP) is 2.14. The van der Waals surface area contributed by atoms with Gasteiger partial charge >= 0.3 is 0 Å². The molecule has 0 fully saturated rings. The molecule has 9 nitrogen and oxygen atoms in total. The summed E-state index contributed by atoms with van der Waals surface area (Å²) in [4.78, 5) is 31.4. The van der Waals surface area contributed by atoms with Gasteiger partial charge in [0, 0.05) is 29.4 Å². The first-order chi connectivity index (χ1) is 13.7. The van der Waals surface area contributed by atoms with E-state index in [9.17, 15) is 18.0 Å². The lowest BCUT2D eigenvalue weighted by Gasteiger charge is -2.13. The fraction of sp³-hybridized carbons (Fsp3) is 0.389. The number of carbonyl (C=O) groups is 1. The highest BCUT2D eigenvalue weighted by Crippen LogP contribution is 2.29. The first kappa shape index (κ1) is 22.8. The number of anilines is 2. The number of rotatable bonds is 9. The van der Waals surface area contributed by atoms with E-state index in [1.807, 2.05) is 6.26 Å². The van der Waals surface area contributed by atoms with Crippen molar-refractivity contribution >= 4 is 39.1 Å². The van der Waals surface area contributed by atoms with Crippen LogP contribution in [0.5, 0.6) is 5.75 Å². The molecule has 1 aromatic heterocycles. The third-order valence-electron chi connectivity index (χ3n) is 4.13. The molecule has 1 amide bonds. The van der Waals surface area contributed by atoms with Crippen LogP contribution in [-0.4, -0.2) is 43.4 Å². The zero-order chi connectivity index (χ0) is 21.6. The Morgan fingerprint density at radius 1 is 1.34 bits per heavy atom. The van der Waals surface area contributed by atoms with E-state index in [2.05, 4.69) is 20.0 Å². The van der Waals surface area contributed by atoms with Crippen LogP contribution in [0.4, 0.5) is 11.4 Å². The summed E-state index contributed by atoms with van der Waals surface area (Å²) in [5.41, 5.74) is 1.56. The smallest absolute Gasteiger partial charge is 0.254 e. The van der Waals surface area contributed by atoms with Gasteiger partial charge in [-0.2, -0.15) is 0 Å². The normalized spacial score (nSPS) is 11.2. The molecule has 0 bridgehead atoms. The van der Waals surface area contributed by atoms with Crippen LogP contribution in [0, 0.1) is 6.92 Å². The van der Waals surface area contributed by atoms with Crippen molar-refractivity contribution in [3.8, 4) is 5.75 Å². The van der Waals surface area contributed by atoms with Crippen LogP contribution in [0.25, 0.3) is 0 Å². The van der Waals surface area contributed by atoms with Crippen LogP contribution in [-0.2, 0) is 21.2 Å². The lowest BCUT2D eigenvalue weighted by Crippen LogP contribution is -2.20. The zero-order valence-electron chi connectivity index (χ0n) is 16.7. The summed E-state index contributed by atoms with van der Waals surface area (Å²) in [5, 5.41) is 3.25. The fourth-order valence-corrected chi connectivity index (χ4v) is 3.60. The molecule has 0 spiro atoms. The van der Waals surface area contributed by atoms with Crippen molar-refractivity contribution in [3.63, 3.8) is 0 Å². The molecule has 0 radical (unpaired) electrons. The second-order valence-corrected chi connectivity index (χ2v) is 8.91. The number of aromatic amines is 1. The summed E-state index contributed by atoms with van der Waals surface area (Å²) in [6.07, 6.45) is 2.16. The van der Waals surface area contributed by atoms with Crippen LogP contribution in [0.1, 0.15) is 24.6 Å². The number of nitrogens with zero attached hydrogens (tertiary/aromatic N) is 1. The fourth-order valence-electron chi connectivity index (χ4n) is 2.53. The molecule has 1 aromatic carbocycles. The Kier molecular flexibility index (Phi) is 7.68. The maximum atomic E-state index is 12.3. The molecule has 0 atom stereocenters. The number of carbonyl (C=O) groups excluding carboxylic acids is 1. The monoisotopic (exact) mass is 440 g/mol. The summed E-state index contributed by atoms with van der Waals surface area (Å²) in [6, 6.07) is 4.61. The molecule has 2 aromatic rings. The number of benzene rings is 1. The molecule has 0 aliphatic rings. The maximum absolute atomic E-state index is 12.3. The van der Waals surface area contributed by atoms with E-state index in [1.54, 1.807) is 13.0 Å². The Morgan fingerprint density at radius 2 is 2.07 bits per heavy atom. The molecule has 0 saturated carbocycles. The summed E-state index contributed by atoms with van der Waals surface area (Å²) < 4.78 is 31.1. The van der Waals surface area contributed by atoms with Crippen LogP contribution >= 0.6 is 11.8 Å². The predicted molar refractivity (Wildman–Crippen MR) is 114 cm³/mol. The standard InChI is InChI=1S/C18H24N4O5S2/c1-5-29(25,26)22-14-8-6-12(10-15(14)27-3)20-16(23)9-7-13-11(2)19-18(28-4)21-17(13)24/h6,8,10,22H,5,7,9H2,1-4H3,(H,20,23)(H,19,21,24). The average molecular weight is 441 g/mol. The van der Waals surface area contributed by atoms with E-state index in [-0.39, 0.29) is 41.5 Å². The number of sulfonamides is 1. The number of hydrogen-bond donors (Lipinski definition) is 3. The molecular weight excluding hydrogens is 416 g/mol. The van der Waals surface area contributed by atoms with Crippen molar-refractivity contribution in [2.24, 2.45) is 0 Å². The number of methoxy groups -OCH3 is 1. The number of amides is 1. The molecular formula is C18H24N4O5S2.